The molecule has 0 fully saturated rings. The highest BCUT2D eigenvalue weighted by Crippen LogP contribution is 2.38. The molecule has 0 saturated carbocycles. The molecule has 136 valence electrons. The van der Waals surface area contributed by atoms with Gasteiger partial charge in [0.25, 0.3) is 10.0 Å². The molecular weight excluding hydrogens is 348 g/mol. The maximum absolute atomic E-state index is 13.3. The van der Waals surface area contributed by atoms with Crippen LogP contribution in [0.15, 0.2) is 59.5 Å². The lowest BCUT2D eigenvalue weighted by molar-refractivity contribution is 0.1000. The number of primary amides is 1. The molecule has 0 aliphatic carbocycles. The first kappa shape index (κ1) is 18.2. The fourth-order valence-corrected chi connectivity index (χ4v) is 4.82. The zero-order chi connectivity index (χ0) is 18.9. The molecule has 1 amide bonds. The van der Waals surface area contributed by atoms with E-state index >= 15 is 0 Å². The molecular formula is C20H22N2O3S. The maximum Gasteiger partial charge on any atom is 0.264 e. The van der Waals surface area contributed by atoms with Crippen molar-refractivity contribution in [1.29, 1.82) is 0 Å². The van der Waals surface area contributed by atoms with Gasteiger partial charge in [0.15, 0.2) is 0 Å². The number of hydrogen-bond acceptors (Lipinski definition) is 3. The number of fused-ring (bicyclic) bond motifs is 1. The first-order valence-corrected chi connectivity index (χ1v) is 9.99. The third-order valence-electron chi connectivity index (χ3n) is 4.50. The Balaban J connectivity index is 2.11. The molecule has 3 rings (SSSR count). The van der Waals surface area contributed by atoms with E-state index in [1.165, 1.54) is 4.31 Å². The van der Waals surface area contributed by atoms with Crippen LogP contribution in [-0.2, 0) is 16.4 Å². The zero-order valence-corrected chi connectivity index (χ0v) is 15.7. The van der Waals surface area contributed by atoms with Crippen LogP contribution in [0.4, 0.5) is 5.69 Å². The average Bonchev–Trinajstić information content (AvgIpc) is 2.98. The maximum atomic E-state index is 13.3. The van der Waals surface area contributed by atoms with Crippen molar-refractivity contribution < 1.29 is 13.2 Å². The summed E-state index contributed by atoms with van der Waals surface area (Å²) in [6.45, 7) is 3.92. The van der Waals surface area contributed by atoms with Crippen LogP contribution in [0.1, 0.15) is 34.8 Å². The van der Waals surface area contributed by atoms with Crippen LogP contribution in [0.3, 0.4) is 0 Å². The molecule has 0 radical (unpaired) electrons. The molecule has 5 nitrogen and oxygen atoms in total. The smallest absolute Gasteiger partial charge is 0.264 e. The third-order valence-corrected chi connectivity index (χ3v) is 6.36. The highest BCUT2D eigenvalue weighted by Gasteiger charge is 2.37. The third kappa shape index (κ3) is 3.24. The number of aryl methyl sites for hydroxylation is 1. The second-order valence-electron chi connectivity index (χ2n) is 6.43. The number of hydrogen-bond donors (Lipinski definition) is 1. The van der Waals surface area contributed by atoms with E-state index in [2.05, 4.69) is 0 Å². The van der Waals surface area contributed by atoms with E-state index in [9.17, 15) is 13.2 Å². The summed E-state index contributed by atoms with van der Waals surface area (Å²) in [5.74, 6) is -0.520. The van der Waals surface area contributed by atoms with E-state index in [1.807, 2.05) is 26.0 Å². The highest BCUT2D eigenvalue weighted by molar-refractivity contribution is 7.92. The van der Waals surface area contributed by atoms with Crippen LogP contribution < -0.4 is 10.0 Å². The Morgan fingerprint density at radius 1 is 1.23 bits per heavy atom. The fraction of sp³-hybridized carbons (Fsp3) is 0.250. The van der Waals surface area contributed by atoms with Gasteiger partial charge in [-0.15, -0.1) is 0 Å². The van der Waals surface area contributed by atoms with Crippen LogP contribution in [0.25, 0.3) is 0 Å². The first-order valence-electron chi connectivity index (χ1n) is 8.55. The second kappa shape index (κ2) is 6.96. The average molecular weight is 370 g/mol. The molecule has 26 heavy (non-hydrogen) atoms. The molecule has 1 aliphatic heterocycles. The van der Waals surface area contributed by atoms with E-state index in [1.54, 1.807) is 42.5 Å². The second-order valence-corrected chi connectivity index (χ2v) is 8.24. The van der Waals surface area contributed by atoms with Gasteiger partial charge < -0.3 is 5.73 Å². The molecule has 0 spiro atoms. The molecule has 2 aromatic carbocycles. The number of carbonyl (C=O) groups excluding carboxylic acids is 1. The van der Waals surface area contributed by atoms with Crippen molar-refractivity contribution in [2.24, 2.45) is 5.73 Å². The van der Waals surface area contributed by atoms with Crippen molar-refractivity contribution >= 4 is 21.6 Å². The molecule has 2 N–H and O–H groups in total. The Morgan fingerprint density at radius 2 is 1.92 bits per heavy atom. The Morgan fingerprint density at radius 3 is 2.54 bits per heavy atom. The van der Waals surface area contributed by atoms with Crippen LogP contribution in [-0.4, -0.2) is 20.4 Å². The Bertz CT molecular complexity index is 963. The van der Waals surface area contributed by atoms with E-state index in [0.29, 0.717) is 17.7 Å². The highest BCUT2D eigenvalue weighted by atomic mass is 32.2. The van der Waals surface area contributed by atoms with Gasteiger partial charge in [-0.2, -0.15) is 0 Å². The minimum Gasteiger partial charge on any atom is -0.366 e. The molecule has 0 saturated heterocycles. The number of anilines is 1. The van der Waals surface area contributed by atoms with Crippen molar-refractivity contribution in [2.75, 3.05) is 4.31 Å². The van der Waals surface area contributed by atoms with Gasteiger partial charge in [0.1, 0.15) is 0 Å². The van der Waals surface area contributed by atoms with Crippen LogP contribution in [0.2, 0.25) is 0 Å². The van der Waals surface area contributed by atoms with E-state index in [0.717, 1.165) is 17.5 Å². The number of rotatable bonds is 5. The van der Waals surface area contributed by atoms with Gasteiger partial charge in [0.2, 0.25) is 5.91 Å². The summed E-state index contributed by atoms with van der Waals surface area (Å²) in [6.07, 6.45) is 5.20. The van der Waals surface area contributed by atoms with Gasteiger partial charge in [0.05, 0.1) is 16.6 Å². The van der Waals surface area contributed by atoms with Crippen LogP contribution in [0.5, 0.6) is 0 Å². The molecule has 0 aromatic heterocycles. The van der Waals surface area contributed by atoms with E-state index in [-0.39, 0.29) is 10.9 Å². The number of allylic oxidation sites excluding steroid dienone is 1. The number of carbonyl (C=O) groups is 1. The van der Waals surface area contributed by atoms with Crippen molar-refractivity contribution in [3.8, 4) is 0 Å². The molecule has 1 heterocycles. The normalized spacial score (nSPS) is 16.8. The van der Waals surface area contributed by atoms with Crippen LogP contribution >= 0.6 is 0 Å². The number of benzene rings is 2. The Labute approximate surface area is 154 Å². The molecule has 1 aliphatic rings. The summed E-state index contributed by atoms with van der Waals surface area (Å²) in [6, 6.07) is 11.4. The van der Waals surface area contributed by atoms with Crippen molar-refractivity contribution in [2.45, 2.75) is 37.6 Å². The van der Waals surface area contributed by atoms with Gasteiger partial charge in [-0.1, -0.05) is 36.8 Å². The Kier molecular flexibility index (Phi) is 4.87. The largest absolute Gasteiger partial charge is 0.366 e. The van der Waals surface area contributed by atoms with E-state index in [4.69, 9.17) is 5.73 Å². The number of nitrogens with zero attached hydrogens (tertiary/aromatic N) is 1. The Hall–Kier alpha value is -2.60. The summed E-state index contributed by atoms with van der Waals surface area (Å²) in [5, 5.41) is 0. The molecule has 6 heteroatoms. The van der Waals surface area contributed by atoms with Gasteiger partial charge in [-0.25, -0.2) is 8.42 Å². The monoisotopic (exact) mass is 370 g/mol. The van der Waals surface area contributed by atoms with Gasteiger partial charge >= 0.3 is 0 Å². The lowest BCUT2D eigenvalue weighted by atomic mass is 10.1. The lowest BCUT2D eigenvalue weighted by Crippen LogP contribution is -2.36. The van der Waals surface area contributed by atoms with Gasteiger partial charge in [-0.3, -0.25) is 9.10 Å². The number of nitrogens with two attached hydrogens (primary N) is 1. The van der Waals surface area contributed by atoms with Gasteiger partial charge in [-0.05, 0) is 55.7 Å². The van der Waals surface area contributed by atoms with Crippen molar-refractivity contribution in [3.05, 3.63) is 71.3 Å². The molecule has 1 unspecified atom stereocenters. The van der Waals surface area contributed by atoms with Crippen molar-refractivity contribution in [1.82, 2.24) is 0 Å². The fourth-order valence-electron chi connectivity index (χ4n) is 3.18. The zero-order valence-electron chi connectivity index (χ0n) is 14.8. The SMILES string of the molecule is CC/C=C/C1Cc2cc(C(N)=O)ccc2N1S(=O)(=O)c1ccc(C)cc1. The first-order chi connectivity index (χ1) is 12.3. The molecule has 2 aromatic rings. The summed E-state index contributed by atoms with van der Waals surface area (Å²) < 4.78 is 28.1. The summed E-state index contributed by atoms with van der Waals surface area (Å²) in [7, 11) is -3.72. The van der Waals surface area contributed by atoms with Crippen molar-refractivity contribution in [3.63, 3.8) is 0 Å². The molecule has 0 bridgehead atoms. The predicted octanol–water partition coefficient (Wildman–Crippen LogP) is 3.18. The summed E-state index contributed by atoms with van der Waals surface area (Å²) >= 11 is 0. The quantitative estimate of drug-likeness (QED) is 0.821. The minimum absolute atomic E-state index is 0.254. The van der Waals surface area contributed by atoms with Gasteiger partial charge in [0, 0.05) is 5.56 Å². The number of amides is 1. The topological polar surface area (TPSA) is 80.5 Å². The standard InChI is InChI=1S/C20H22N2O3S/c1-3-4-5-17-13-16-12-15(20(21)23)8-11-19(16)22(17)26(24,25)18-9-6-14(2)7-10-18/h4-12,17H,3,13H2,1-2H3,(H2,21,23)/b5-4+. The van der Waals surface area contributed by atoms with E-state index < -0.39 is 15.9 Å². The summed E-state index contributed by atoms with van der Waals surface area (Å²) in [5.41, 5.74) is 8.16. The lowest BCUT2D eigenvalue weighted by Gasteiger charge is -2.25. The van der Waals surface area contributed by atoms with Crippen LogP contribution in [0, 0.1) is 6.92 Å². The number of sulfonamides is 1. The summed E-state index contributed by atoms with van der Waals surface area (Å²) in [4.78, 5) is 11.7. The minimum atomic E-state index is -3.72. The molecule has 1 atom stereocenters. The predicted molar refractivity (Wildman–Crippen MR) is 103 cm³/mol.